The summed E-state index contributed by atoms with van der Waals surface area (Å²) in [5, 5.41) is 12.6. The highest BCUT2D eigenvalue weighted by molar-refractivity contribution is 5.84. The van der Waals surface area contributed by atoms with Crippen LogP contribution in [-0.4, -0.2) is 33.8 Å². The molecule has 5 aromatic rings. The van der Waals surface area contributed by atoms with Crippen LogP contribution in [0, 0.1) is 11.3 Å². The molecule has 0 unspecified atom stereocenters. The number of nitrogens with zero attached hydrogens (tertiary/aromatic N) is 4. The van der Waals surface area contributed by atoms with E-state index in [0.717, 1.165) is 5.56 Å². The first kappa shape index (κ1) is 19.5. The molecule has 0 saturated heterocycles. The Morgan fingerprint density at radius 1 is 1.09 bits per heavy atom. The van der Waals surface area contributed by atoms with Crippen molar-refractivity contribution in [3.8, 4) is 34.4 Å². The zero-order valence-electron chi connectivity index (χ0n) is 17.2. The Balaban J connectivity index is 1.83. The molecule has 32 heavy (non-hydrogen) atoms. The van der Waals surface area contributed by atoms with Gasteiger partial charge in [0, 0.05) is 7.11 Å². The number of aromatic amines is 1. The summed E-state index contributed by atoms with van der Waals surface area (Å²) >= 11 is 0. The second-order valence-corrected chi connectivity index (χ2v) is 7.00. The zero-order chi connectivity index (χ0) is 22.2. The van der Waals surface area contributed by atoms with Crippen molar-refractivity contribution in [2.45, 2.75) is 6.61 Å². The number of aromatic nitrogens is 4. The first-order chi connectivity index (χ1) is 15.7. The van der Waals surface area contributed by atoms with Crippen molar-refractivity contribution in [1.82, 2.24) is 19.6 Å². The molecule has 158 valence electrons. The van der Waals surface area contributed by atoms with Gasteiger partial charge in [0.2, 0.25) is 5.89 Å². The lowest BCUT2D eigenvalue weighted by Gasteiger charge is -2.06. The van der Waals surface area contributed by atoms with Crippen molar-refractivity contribution in [2.24, 2.45) is 0 Å². The highest BCUT2D eigenvalue weighted by Crippen LogP contribution is 2.32. The van der Waals surface area contributed by atoms with E-state index < -0.39 is 5.56 Å². The first-order valence-corrected chi connectivity index (χ1v) is 9.72. The lowest BCUT2D eigenvalue weighted by molar-refractivity contribution is 0.182. The van der Waals surface area contributed by atoms with Gasteiger partial charge >= 0.3 is 0 Å². The average Bonchev–Trinajstić information content (AvgIpc) is 3.41. The van der Waals surface area contributed by atoms with E-state index in [0.29, 0.717) is 33.8 Å². The number of rotatable bonds is 5. The van der Waals surface area contributed by atoms with Crippen molar-refractivity contribution in [1.29, 1.82) is 5.26 Å². The molecule has 0 amide bonds. The Bertz CT molecular complexity index is 1560. The van der Waals surface area contributed by atoms with Gasteiger partial charge in [0.25, 0.3) is 5.56 Å². The molecule has 0 aliphatic carbocycles. The zero-order valence-corrected chi connectivity index (χ0v) is 17.2. The second-order valence-electron chi connectivity index (χ2n) is 7.00. The maximum absolute atomic E-state index is 13.6. The number of para-hydroxylation sites is 1. The average molecular weight is 427 g/mol. The van der Waals surface area contributed by atoms with E-state index in [-0.39, 0.29) is 23.8 Å². The van der Waals surface area contributed by atoms with Gasteiger partial charge in [-0.2, -0.15) is 9.78 Å². The van der Waals surface area contributed by atoms with Crippen LogP contribution in [0.2, 0.25) is 0 Å². The molecular formula is C23H17N5O4. The molecule has 0 saturated carbocycles. The smallest absolute Gasteiger partial charge is 0.285 e. The summed E-state index contributed by atoms with van der Waals surface area (Å²) in [5.41, 5.74) is 2.85. The molecule has 9 heteroatoms. The van der Waals surface area contributed by atoms with Crippen LogP contribution in [0.1, 0.15) is 11.4 Å². The maximum atomic E-state index is 13.6. The Morgan fingerprint density at radius 2 is 1.91 bits per heavy atom. The van der Waals surface area contributed by atoms with Gasteiger partial charge in [0.05, 0.1) is 25.0 Å². The van der Waals surface area contributed by atoms with Crippen molar-refractivity contribution < 1.29 is 13.9 Å². The number of H-pyrrole nitrogens is 1. The van der Waals surface area contributed by atoms with Crippen LogP contribution in [0.4, 0.5) is 0 Å². The highest BCUT2D eigenvalue weighted by Gasteiger charge is 2.25. The van der Waals surface area contributed by atoms with Crippen LogP contribution in [-0.2, 0) is 11.3 Å². The van der Waals surface area contributed by atoms with Crippen LogP contribution in [0.25, 0.3) is 39.3 Å². The van der Waals surface area contributed by atoms with Crippen LogP contribution in [0.3, 0.4) is 0 Å². The van der Waals surface area contributed by atoms with E-state index in [1.807, 2.05) is 30.3 Å². The van der Waals surface area contributed by atoms with Crippen molar-refractivity contribution in [3.63, 3.8) is 0 Å². The normalized spacial score (nSPS) is 11.2. The van der Waals surface area contributed by atoms with Gasteiger partial charge < -0.3 is 13.9 Å². The fourth-order valence-electron chi connectivity index (χ4n) is 3.73. The lowest BCUT2D eigenvalue weighted by atomic mass is 10.1. The van der Waals surface area contributed by atoms with Crippen LogP contribution >= 0.6 is 0 Å². The molecule has 0 fully saturated rings. The molecule has 3 heterocycles. The van der Waals surface area contributed by atoms with Gasteiger partial charge in [0.15, 0.2) is 16.7 Å². The Morgan fingerprint density at radius 3 is 2.62 bits per heavy atom. The number of fused-ring (bicyclic) bond motifs is 2. The summed E-state index contributed by atoms with van der Waals surface area (Å²) in [7, 11) is 3.05. The third-order valence-electron chi connectivity index (χ3n) is 5.13. The van der Waals surface area contributed by atoms with Gasteiger partial charge in [0.1, 0.15) is 23.1 Å². The molecule has 0 bridgehead atoms. The number of hydrogen-bond acceptors (Lipinski definition) is 7. The number of oxazole rings is 1. The summed E-state index contributed by atoms with van der Waals surface area (Å²) in [6.45, 7) is 0.0538. The number of nitrogens with one attached hydrogen (secondary N) is 1. The summed E-state index contributed by atoms with van der Waals surface area (Å²) < 4.78 is 17.8. The maximum Gasteiger partial charge on any atom is 0.285 e. The highest BCUT2D eigenvalue weighted by atomic mass is 16.5. The van der Waals surface area contributed by atoms with E-state index in [1.165, 1.54) is 18.7 Å². The SMILES string of the molecule is COCc1nc2c(-c3ccccc3)c(C#N)[nH]n2c(=O)c1-c1nc2c(OC)cccc2o1. The molecule has 0 aliphatic rings. The number of methoxy groups -OCH3 is 2. The van der Waals surface area contributed by atoms with E-state index in [4.69, 9.17) is 13.9 Å². The fourth-order valence-corrected chi connectivity index (χ4v) is 3.73. The molecule has 3 aromatic heterocycles. The minimum absolute atomic E-state index is 0.0538. The third kappa shape index (κ3) is 2.93. The Labute approximate surface area is 181 Å². The van der Waals surface area contributed by atoms with Crippen LogP contribution in [0.5, 0.6) is 5.75 Å². The quantitative estimate of drug-likeness (QED) is 0.456. The number of ether oxygens (including phenoxy) is 2. The van der Waals surface area contributed by atoms with Gasteiger partial charge in [-0.3, -0.25) is 9.89 Å². The molecule has 0 atom stereocenters. The third-order valence-corrected chi connectivity index (χ3v) is 5.13. The summed E-state index contributed by atoms with van der Waals surface area (Å²) in [6.07, 6.45) is 0. The van der Waals surface area contributed by atoms with Gasteiger partial charge in [-0.1, -0.05) is 36.4 Å². The van der Waals surface area contributed by atoms with E-state index >= 15 is 0 Å². The number of benzene rings is 2. The monoisotopic (exact) mass is 427 g/mol. The largest absolute Gasteiger partial charge is 0.494 e. The lowest BCUT2D eigenvalue weighted by Crippen LogP contribution is -2.20. The molecule has 9 nitrogen and oxygen atoms in total. The van der Waals surface area contributed by atoms with Gasteiger partial charge in [-0.05, 0) is 17.7 Å². The summed E-state index contributed by atoms with van der Waals surface area (Å²) in [5.74, 6) is 0.621. The topological polar surface area (TPSA) is 118 Å². The van der Waals surface area contributed by atoms with E-state index in [9.17, 15) is 10.1 Å². The number of hydrogen-bond donors (Lipinski definition) is 1. The molecular weight excluding hydrogens is 410 g/mol. The van der Waals surface area contributed by atoms with Crippen molar-refractivity contribution >= 4 is 16.7 Å². The van der Waals surface area contributed by atoms with Crippen molar-refractivity contribution in [2.75, 3.05) is 14.2 Å². The van der Waals surface area contributed by atoms with Crippen LogP contribution < -0.4 is 10.3 Å². The van der Waals surface area contributed by atoms with E-state index in [1.54, 1.807) is 18.2 Å². The van der Waals surface area contributed by atoms with Crippen LogP contribution in [0.15, 0.2) is 57.7 Å². The fraction of sp³-hybridized carbons (Fsp3) is 0.130. The molecule has 0 aliphatic heterocycles. The van der Waals surface area contributed by atoms with Crippen molar-refractivity contribution in [3.05, 3.63) is 70.3 Å². The Kier molecular flexibility index (Phi) is 4.69. The summed E-state index contributed by atoms with van der Waals surface area (Å²) in [4.78, 5) is 22.7. The molecule has 0 radical (unpaired) electrons. The summed E-state index contributed by atoms with van der Waals surface area (Å²) in [6, 6.07) is 16.7. The molecule has 0 spiro atoms. The van der Waals surface area contributed by atoms with E-state index in [2.05, 4.69) is 21.1 Å². The molecule has 1 N–H and O–H groups in total. The van der Waals surface area contributed by atoms with Gasteiger partial charge in [-0.15, -0.1) is 0 Å². The number of nitriles is 1. The Hall–Kier alpha value is -4.42. The predicted molar refractivity (Wildman–Crippen MR) is 116 cm³/mol. The minimum atomic E-state index is -0.453. The molecule has 2 aromatic carbocycles. The second kappa shape index (κ2) is 7.68. The minimum Gasteiger partial charge on any atom is -0.494 e. The van der Waals surface area contributed by atoms with Gasteiger partial charge in [-0.25, -0.2) is 9.97 Å². The predicted octanol–water partition coefficient (Wildman–Crippen LogP) is 3.52. The standard InChI is InChI=1S/C23H17N5O4/c1-30-12-15-19(22-26-20-16(31-2)9-6-10-17(20)32-22)23(29)28-21(25-15)18(14(11-24)27-28)13-7-4-3-5-8-13/h3-10,27H,12H2,1-2H3. The molecule has 5 rings (SSSR count). The first-order valence-electron chi connectivity index (χ1n) is 9.72.